The fourth-order valence-electron chi connectivity index (χ4n) is 3.14. The second kappa shape index (κ2) is 9.15. The molecule has 2 amide bonds. The molecule has 1 N–H and O–H groups in total. The van der Waals surface area contributed by atoms with Gasteiger partial charge in [-0.05, 0) is 44.0 Å². The van der Waals surface area contributed by atoms with Crippen LogP contribution in [-0.4, -0.2) is 28.2 Å². The van der Waals surface area contributed by atoms with Crippen LogP contribution in [0.3, 0.4) is 0 Å². The summed E-state index contributed by atoms with van der Waals surface area (Å²) in [7, 11) is 0. The fourth-order valence-corrected chi connectivity index (χ4v) is 3.14. The number of rotatable bonds is 6. The Balaban J connectivity index is 1.77. The number of nitrogens with one attached hydrogen (secondary N) is 1. The maximum absolute atomic E-state index is 13.0. The van der Waals surface area contributed by atoms with Gasteiger partial charge in [0.05, 0.1) is 11.1 Å². The molecule has 148 valence electrons. The minimum atomic E-state index is -0.287. The molecule has 0 spiro atoms. The van der Waals surface area contributed by atoms with Crippen LogP contribution >= 0.6 is 0 Å². The Kier molecular flexibility index (Phi) is 6.39. The Morgan fingerprint density at radius 2 is 1.69 bits per heavy atom. The van der Waals surface area contributed by atoms with Crippen LogP contribution in [0.4, 0.5) is 5.69 Å². The van der Waals surface area contributed by atoms with Crippen LogP contribution in [-0.2, 0) is 6.54 Å². The van der Waals surface area contributed by atoms with E-state index < -0.39 is 0 Å². The van der Waals surface area contributed by atoms with E-state index in [-0.39, 0.29) is 11.8 Å². The second-order valence-corrected chi connectivity index (χ2v) is 7.04. The number of anilines is 1. The van der Waals surface area contributed by atoms with E-state index in [2.05, 4.69) is 10.3 Å². The van der Waals surface area contributed by atoms with E-state index in [1.165, 1.54) is 12.4 Å². The topological polar surface area (TPSA) is 62.3 Å². The first-order valence-corrected chi connectivity index (χ1v) is 9.64. The first kappa shape index (κ1) is 20.3. The fraction of sp³-hybridized carbons (Fsp3) is 0.208. The first-order chi connectivity index (χ1) is 14.0. The van der Waals surface area contributed by atoms with Crippen molar-refractivity contribution in [3.8, 4) is 0 Å². The molecule has 3 rings (SSSR count). The van der Waals surface area contributed by atoms with Gasteiger partial charge in [0, 0.05) is 31.2 Å². The molecule has 29 heavy (non-hydrogen) atoms. The van der Waals surface area contributed by atoms with Crippen molar-refractivity contribution in [3.05, 3.63) is 94.8 Å². The molecule has 0 saturated heterocycles. The number of aromatic nitrogens is 1. The number of carbonyl (C=O) groups is 2. The van der Waals surface area contributed by atoms with Gasteiger partial charge in [0.15, 0.2) is 0 Å². The summed E-state index contributed by atoms with van der Waals surface area (Å²) in [6.07, 6.45) is 2.98. The molecular formula is C24H25N3O2. The summed E-state index contributed by atoms with van der Waals surface area (Å²) in [5.74, 6) is -0.435. The Morgan fingerprint density at radius 1 is 0.966 bits per heavy atom. The lowest BCUT2D eigenvalue weighted by Gasteiger charge is -2.21. The summed E-state index contributed by atoms with van der Waals surface area (Å²) in [5.41, 5.74) is 4.67. The predicted octanol–water partition coefficient (Wildman–Crippen LogP) is 4.61. The van der Waals surface area contributed by atoms with E-state index in [4.69, 9.17) is 0 Å². The van der Waals surface area contributed by atoms with Gasteiger partial charge < -0.3 is 10.2 Å². The van der Waals surface area contributed by atoms with Crippen LogP contribution in [0.2, 0.25) is 0 Å². The van der Waals surface area contributed by atoms with E-state index in [1.807, 2.05) is 69.3 Å². The monoisotopic (exact) mass is 387 g/mol. The van der Waals surface area contributed by atoms with Gasteiger partial charge in [-0.25, -0.2) is 0 Å². The molecule has 0 aliphatic rings. The molecule has 0 unspecified atom stereocenters. The molecule has 0 radical (unpaired) electrons. The van der Waals surface area contributed by atoms with Gasteiger partial charge in [0.25, 0.3) is 11.8 Å². The first-order valence-electron chi connectivity index (χ1n) is 9.64. The van der Waals surface area contributed by atoms with Crippen molar-refractivity contribution < 1.29 is 9.59 Å². The van der Waals surface area contributed by atoms with Crippen molar-refractivity contribution in [3.63, 3.8) is 0 Å². The van der Waals surface area contributed by atoms with E-state index in [9.17, 15) is 9.59 Å². The van der Waals surface area contributed by atoms with Gasteiger partial charge in [0.2, 0.25) is 0 Å². The summed E-state index contributed by atoms with van der Waals surface area (Å²) in [6, 6.07) is 17.3. The van der Waals surface area contributed by atoms with E-state index in [0.717, 1.165) is 22.4 Å². The van der Waals surface area contributed by atoms with Gasteiger partial charge in [-0.15, -0.1) is 0 Å². The molecule has 0 saturated carbocycles. The van der Waals surface area contributed by atoms with Crippen LogP contribution in [0.15, 0.2) is 67.0 Å². The molecule has 2 aromatic carbocycles. The molecular weight excluding hydrogens is 362 g/mol. The molecule has 5 nitrogen and oxygen atoms in total. The highest BCUT2D eigenvalue weighted by atomic mass is 16.2. The zero-order valence-electron chi connectivity index (χ0n) is 17.0. The van der Waals surface area contributed by atoms with Crippen molar-refractivity contribution in [2.24, 2.45) is 0 Å². The summed E-state index contributed by atoms with van der Waals surface area (Å²) in [4.78, 5) is 31.5. The van der Waals surface area contributed by atoms with Gasteiger partial charge in [0.1, 0.15) is 0 Å². The Bertz CT molecular complexity index is 1020. The quantitative estimate of drug-likeness (QED) is 0.672. The van der Waals surface area contributed by atoms with Gasteiger partial charge in [-0.1, -0.05) is 48.0 Å². The summed E-state index contributed by atoms with van der Waals surface area (Å²) in [6.45, 7) is 6.96. The average molecular weight is 387 g/mol. The lowest BCUT2D eigenvalue weighted by molar-refractivity contribution is 0.0752. The number of hydrogen-bond donors (Lipinski definition) is 1. The Hall–Kier alpha value is -3.47. The lowest BCUT2D eigenvalue weighted by Crippen LogP contribution is -2.30. The SMILES string of the molecule is CCN(Cc1ccccc1)C(=O)c1cncc(C(=O)Nc2ccc(C)cc2C)c1. The molecule has 0 aliphatic carbocycles. The van der Waals surface area contributed by atoms with Gasteiger partial charge >= 0.3 is 0 Å². The maximum atomic E-state index is 13.0. The lowest BCUT2D eigenvalue weighted by atomic mass is 10.1. The largest absolute Gasteiger partial charge is 0.335 e. The molecule has 3 aromatic rings. The van der Waals surface area contributed by atoms with Crippen molar-refractivity contribution in [1.82, 2.24) is 9.88 Å². The number of amides is 2. The summed E-state index contributed by atoms with van der Waals surface area (Å²) >= 11 is 0. The smallest absolute Gasteiger partial charge is 0.257 e. The van der Waals surface area contributed by atoms with E-state index in [1.54, 1.807) is 11.0 Å². The van der Waals surface area contributed by atoms with Crippen LogP contribution in [0, 0.1) is 13.8 Å². The van der Waals surface area contributed by atoms with Crippen LogP contribution < -0.4 is 5.32 Å². The number of carbonyl (C=O) groups excluding carboxylic acids is 2. The average Bonchev–Trinajstić information content (AvgIpc) is 2.74. The van der Waals surface area contributed by atoms with Crippen molar-refractivity contribution in [2.75, 3.05) is 11.9 Å². The van der Waals surface area contributed by atoms with Crippen LogP contribution in [0.25, 0.3) is 0 Å². The number of aryl methyl sites for hydroxylation is 2. The van der Waals surface area contributed by atoms with E-state index >= 15 is 0 Å². The highest BCUT2D eigenvalue weighted by Gasteiger charge is 2.17. The second-order valence-electron chi connectivity index (χ2n) is 7.04. The standard InChI is InChI=1S/C24H25N3O2/c1-4-27(16-19-8-6-5-7-9-19)24(29)21-13-20(14-25-15-21)23(28)26-22-11-10-17(2)12-18(22)3/h5-15H,4,16H2,1-3H3,(H,26,28). The molecule has 0 bridgehead atoms. The van der Waals surface area contributed by atoms with E-state index in [0.29, 0.717) is 24.2 Å². The maximum Gasteiger partial charge on any atom is 0.257 e. The van der Waals surface area contributed by atoms with Crippen LogP contribution in [0.1, 0.15) is 44.3 Å². The molecule has 1 aromatic heterocycles. The van der Waals surface area contributed by atoms with Crippen molar-refractivity contribution in [2.45, 2.75) is 27.3 Å². The highest BCUT2D eigenvalue weighted by Crippen LogP contribution is 2.18. The predicted molar refractivity (Wildman–Crippen MR) is 115 cm³/mol. The molecule has 0 fully saturated rings. The zero-order chi connectivity index (χ0) is 20.8. The third-order valence-electron chi connectivity index (χ3n) is 4.76. The molecule has 0 atom stereocenters. The number of hydrogen-bond acceptors (Lipinski definition) is 3. The van der Waals surface area contributed by atoms with Gasteiger partial charge in [-0.3, -0.25) is 14.6 Å². The van der Waals surface area contributed by atoms with Crippen molar-refractivity contribution >= 4 is 17.5 Å². The zero-order valence-corrected chi connectivity index (χ0v) is 17.0. The normalized spacial score (nSPS) is 10.4. The Morgan fingerprint density at radius 3 is 2.38 bits per heavy atom. The summed E-state index contributed by atoms with van der Waals surface area (Å²) in [5, 5.41) is 2.90. The number of pyridine rings is 1. The minimum absolute atomic E-state index is 0.148. The van der Waals surface area contributed by atoms with Crippen LogP contribution in [0.5, 0.6) is 0 Å². The summed E-state index contributed by atoms with van der Waals surface area (Å²) < 4.78 is 0. The number of nitrogens with zero attached hydrogens (tertiary/aromatic N) is 2. The van der Waals surface area contributed by atoms with Crippen molar-refractivity contribution in [1.29, 1.82) is 0 Å². The molecule has 1 heterocycles. The highest BCUT2D eigenvalue weighted by molar-refractivity contribution is 6.06. The Labute approximate surface area is 171 Å². The minimum Gasteiger partial charge on any atom is -0.335 e. The number of benzene rings is 2. The third-order valence-corrected chi connectivity index (χ3v) is 4.76. The third kappa shape index (κ3) is 5.08. The molecule has 5 heteroatoms. The molecule has 0 aliphatic heterocycles. The van der Waals surface area contributed by atoms with Gasteiger partial charge in [-0.2, -0.15) is 0 Å².